The van der Waals surface area contributed by atoms with E-state index in [2.05, 4.69) is 10.3 Å². The van der Waals surface area contributed by atoms with E-state index in [0.29, 0.717) is 37.6 Å². The highest BCUT2D eigenvalue weighted by atomic mass is 18.2. The molecule has 9 heteroatoms. The number of aromatic nitrogens is 1. The fourth-order valence-electron chi connectivity index (χ4n) is 6.12. The molecule has 1 aromatic carbocycles. The number of hydrogen-bond donors (Lipinski definition) is 2. The van der Waals surface area contributed by atoms with Crippen molar-refractivity contribution in [3.05, 3.63) is 59.4 Å². The molecule has 4 rings (SSSR count). The van der Waals surface area contributed by atoms with Crippen LogP contribution in [0.3, 0.4) is 0 Å². The van der Waals surface area contributed by atoms with Crippen molar-refractivity contribution in [1.29, 1.82) is 0 Å². The van der Waals surface area contributed by atoms with Gasteiger partial charge in [0.15, 0.2) is 0 Å². The van der Waals surface area contributed by atoms with E-state index in [4.69, 9.17) is 4.74 Å². The van der Waals surface area contributed by atoms with E-state index in [1.54, 1.807) is 12.4 Å². The van der Waals surface area contributed by atoms with Crippen LogP contribution in [0.2, 0.25) is 0 Å². The molecule has 2 saturated heterocycles. The summed E-state index contributed by atoms with van der Waals surface area (Å²) in [6.07, 6.45) is 10.0. The van der Waals surface area contributed by atoms with Gasteiger partial charge in [0, 0.05) is 50.2 Å². The van der Waals surface area contributed by atoms with Crippen LogP contribution in [0.4, 0.5) is 4.39 Å². The zero-order chi connectivity index (χ0) is 29.7. The van der Waals surface area contributed by atoms with Crippen LogP contribution in [-0.2, 0) is 27.2 Å². The third-order valence-electron chi connectivity index (χ3n) is 8.58. The number of carboxylic acids is 1. The first-order chi connectivity index (χ1) is 20.4. The minimum Gasteiger partial charge on any atom is -0.491 e. The Hall–Kier alpha value is -3.33. The number of carbonyl (C=O) groups excluding carboxylic acids is 2. The fourth-order valence-corrected chi connectivity index (χ4v) is 6.12. The van der Waals surface area contributed by atoms with Crippen molar-refractivity contribution >= 4 is 17.7 Å². The highest BCUT2D eigenvalue weighted by Gasteiger charge is 2.31. The van der Waals surface area contributed by atoms with Gasteiger partial charge >= 0.3 is 5.97 Å². The van der Waals surface area contributed by atoms with Gasteiger partial charge in [-0.3, -0.25) is 19.4 Å². The highest BCUT2D eigenvalue weighted by molar-refractivity contribution is 5.84. The Balaban J connectivity index is 1.32. The van der Waals surface area contributed by atoms with Crippen LogP contribution < -0.4 is 10.1 Å². The molecule has 42 heavy (non-hydrogen) atoms. The summed E-state index contributed by atoms with van der Waals surface area (Å²) in [7, 11) is 0. The molecule has 1 amide bonds. The van der Waals surface area contributed by atoms with Crippen LogP contribution in [-0.4, -0.2) is 72.1 Å². The summed E-state index contributed by atoms with van der Waals surface area (Å²) >= 11 is 0. The smallest absolute Gasteiger partial charge is 0.303 e. The summed E-state index contributed by atoms with van der Waals surface area (Å²) in [5.41, 5.74) is 2.82. The number of nitrogens with zero attached hydrogens (tertiary/aromatic N) is 2. The van der Waals surface area contributed by atoms with Crippen molar-refractivity contribution in [2.75, 3.05) is 39.5 Å². The molecule has 0 aliphatic carbocycles. The summed E-state index contributed by atoms with van der Waals surface area (Å²) in [5, 5.41) is 13.0. The normalized spacial score (nSPS) is 18.4. The molecule has 0 unspecified atom stereocenters. The van der Waals surface area contributed by atoms with E-state index >= 15 is 0 Å². The number of aryl methyl sites for hydroxylation is 2. The van der Waals surface area contributed by atoms with Crippen molar-refractivity contribution < 1.29 is 28.6 Å². The number of benzene rings is 1. The molecular weight excluding hydrogens is 536 g/mol. The summed E-state index contributed by atoms with van der Waals surface area (Å²) in [6, 6.07) is 9.50. The van der Waals surface area contributed by atoms with Crippen molar-refractivity contribution in [3.63, 3.8) is 0 Å². The second kappa shape index (κ2) is 16.3. The topological polar surface area (TPSA) is 109 Å². The molecule has 0 saturated carbocycles. The van der Waals surface area contributed by atoms with Gasteiger partial charge in [0.25, 0.3) is 0 Å². The molecule has 8 nitrogen and oxygen atoms in total. The molecule has 3 heterocycles. The van der Waals surface area contributed by atoms with Gasteiger partial charge in [-0.25, -0.2) is 4.39 Å². The van der Waals surface area contributed by atoms with Crippen LogP contribution in [0.15, 0.2) is 42.7 Å². The van der Waals surface area contributed by atoms with Crippen molar-refractivity contribution in [3.8, 4) is 5.75 Å². The van der Waals surface area contributed by atoms with E-state index in [1.807, 2.05) is 35.2 Å². The molecule has 228 valence electrons. The predicted octanol–water partition coefficient (Wildman–Crippen LogP) is 4.75. The Morgan fingerprint density at radius 3 is 2.55 bits per heavy atom. The lowest BCUT2D eigenvalue weighted by Crippen LogP contribution is -2.42. The van der Waals surface area contributed by atoms with Gasteiger partial charge in [-0.15, -0.1) is 0 Å². The van der Waals surface area contributed by atoms with Crippen molar-refractivity contribution in [2.24, 2.45) is 11.8 Å². The first-order valence-electron chi connectivity index (χ1n) is 15.4. The number of piperidine rings is 2. The number of alkyl halides is 1. The SMILES string of the molecule is O=C(O)C[C@H](CC(=O)[C@@H]1CCCN(C(=O)CCC2CCNCC2)C1)c1cncc(CCc2ccc(OCC[18F])cc2)c1. The molecule has 0 spiro atoms. The molecule has 2 fully saturated rings. The molecule has 2 aliphatic rings. The number of amides is 1. The maximum atomic E-state index is 13.4. The summed E-state index contributed by atoms with van der Waals surface area (Å²) in [6.45, 7) is 2.65. The number of pyridine rings is 1. The zero-order valence-corrected chi connectivity index (χ0v) is 24.4. The monoisotopic (exact) mass is 580 g/mol. The minimum atomic E-state index is -0.952. The second-order valence-corrected chi connectivity index (χ2v) is 11.7. The standard InChI is InChI=1S/C33H44FN3O5/c34-13-17-42-30-8-5-24(6-9-30)3-4-26-18-29(22-36-21-26)28(20-33(40)41)19-31(38)27-2-1-16-37(23-27)32(39)10-7-25-11-14-35-15-12-25/h5-6,8-9,18,21-22,25,27-28,35H,1-4,7,10-17,19-20,23H2,(H,40,41)/t27-,28+/m1/s1/i34-1. The average molecular weight is 581 g/mol. The number of rotatable bonds is 15. The highest BCUT2D eigenvalue weighted by Crippen LogP contribution is 2.29. The minimum absolute atomic E-state index is 0.0255. The first kappa shape index (κ1) is 31.6. The lowest BCUT2D eigenvalue weighted by Gasteiger charge is -2.33. The number of likely N-dealkylation sites (tertiary alicyclic amines) is 1. The van der Waals surface area contributed by atoms with Crippen LogP contribution >= 0.6 is 0 Å². The van der Waals surface area contributed by atoms with Gasteiger partial charge in [-0.2, -0.15) is 0 Å². The molecule has 1 aromatic heterocycles. The van der Waals surface area contributed by atoms with E-state index in [0.717, 1.165) is 68.3 Å². The van der Waals surface area contributed by atoms with Crippen molar-refractivity contribution in [1.82, 2.24) is 15.2 Å². The van der Waals surface area contributed by atoms with E-state index in [9.17, 15) is 23.9 Å². The second-order valence-electron chi connectivity index (χ2n) is 11.7. The quantitative estimate of drug-likeness (QED) is 0.313. The molecule has 2 aliphatic heterocycles. The Morgan fingerprint density at radius 1 is 1.05 bits per heavy atom. The number of Topliss-reactive ketones (excluding diaryl/α,β-unsaturated/α-hetero) is 1. The number of nitrogens with one attached hydrogen (secondary N) is 1. The predicted molar refractivity (Wildman–Crippen MR) is 158 cm³/mol. The van der Waals surface area contributed by atoms with Gasteiger partial charge in [0.2, 0.25) is 5.91 Å². The third kappa shape index (κ3) is 9.89. The van der Waals surface area contributed by atoms with Gasteiger partial charge in [-0.05, 0) is 92.8 Å². The Bertz CT molecular complexity index is 1170. The zero-order valence-electron chi connectivity index (χ0n) is 24.4. The molecule has 2 aromatic rings. The van der Waals surface area contributed by atoms with Crippen LogP contribution in [0.1, 0.15) is 74.0 Å². The van der Waals surface area contributed by atoms with Gasteiger partial charge in [-0.1, -0.05) is 18.2 Å². The average Bonchev–Trinajstić information content (AvgIpc) is 3.02. The Morgan fingerprint density at radius 2 is 1.81 bits per heavy atom. The Labute approximate surface area is 248 Å². The molecular formula is C33H44FN3O5. The number of ketones is 1. The molecule has 0 radical (unpaired) electrons. The van der Waals surface area contributed by atoms with Gasteiger partial charge in [0.05, 0.1) is 6.42 Å². The van der Waals surface area contributed by atoms with Crippen LogP contribution in [0.5, 0.6) is 5.75 Å². The fraction of sp³-hybridized carbons (Fsp3) is 0.576. The number of aliphatic carboxylic acids is 1. The molecule has 2 atom stereocenters. The largest absolute Gasteiger partial charge is 0.491 e. The van der Waals surface area contributed by atoms with Gasteiger partial charge < -0.3 is 20.1 Å². The summed E-state index contributed by atoms with van der Waals surface area (Å²) in [5.74, 6) is -0.307. The molecule has 0 bridgehead atoms. The number of carboxylic acid groups (broad SMARTS) is 1. The van der Waals surface area contributed by atoms with Crippen LogP contribution in [0, 0.1) is 11.8 Å². The number of hydrogen-bond acceptors (Lipinski definition) is 6. The third-order valence-corrected chi connectivity index (χ3v) is 8.58. The lowest BCUT2D eigenvalue weighted by molar-refractivity contribution is -0.137. The van der Waals surface area contributed by atoms with E-state index < -0.39 is 18.6 Å². The summed E-state index contributed by atoms with van der Waals surface area (Å²) < 4.78 is 17.6. The van der Waals surface area contributed by atoms with E-state index in [-0.39, 0.29) is 37.1 Å². The lowest BCUT2D eigenvalue weighted by atomic mass is 9.84. The summed E-state index contributed by atoms with van der Waals surface area (Å²) in [4.78, 5) is 44.4. The van der Waals surface area contributed by atoms with Crippen LogP contribution in [0.25, 0.3) is 0 Å². The molecule has 2 N–H and O–H groups in total. The van der Waals surface area contributed by atoms with Gasteiger partial charge in [0.1, 0.15) is 24.8 Å². The number of ether oxygens (including phenoxy) is 1. The first-order valence-corrected chi connectivity index (χ1v) is 15.4. The number of halogens is 1. The van der Waals surface area contributed by atoms with Crippen molar-refractivity contribution in [2.45, 2.75) is 70.1 Å². The maximum Gasteiger partial charge on any atom is 0.303 e. The Kier molecular flexibility index (Phi) is 12.3. The number of carbonyl (C=O) groups is 3. The maximum absolute atomic E-state index is 13.4. The van der Waals surface area contributed by atoms with E-state index in [1.165, 1.54) is 0 Å².